The second-order valence-corrected chi connectivity index (χ2v) is 6.55. The molecule has 2 unspecified atom stereocenters. The lowest BCUT2D eigenvalue weighted by atomic mass is 9.82. The first-order chi connectivity index (χ1) is 8.88. The van der Waals surface area contributed by atoms with Crippen LogP contribution in [0.1, 0.15) is 66.1 Å². The van der Waals surface area contributed by atoms with Gasteiger partial charge in [0.25, 0.3) is 0 Å². The molecule has 1 rings (SSSR count). The summed E-state index contributed by atoms with van der Waals surface area (Å²) in [5.74, 6) is 0. The summed E-state index contributed by atoms with van der Waals surface area (Å²) in [6.07, 6.45) is 5.47. The third kappa shape index (κ3) is 5.35. The summed E-state index contributed by atoms with van der Waals surface area (Å²) in [6, 6.07) is 3.24. The van der Waals surface area contributed by atoms with Crippen molar-refractivity contribution in [3.05, 3.63) is 18.0 Å². The lowest BCUT2D eigenvalue weighted by Crippen LogP contribution is -2.32. The zero-order chi connectivity index (χ0) is 14.5. The number of aromatic nitrogens is 2. The molecule has 0 aromatic carbocycles. The van der Waals surface area contributed by atoms with Crippen molar-refractivity contribution in [2.24, 2.45) is 5.41 Å². The molecule has 0 aliphatic rings. The van der Waals surface area contributed by atoms with E-state index in [2.05, 4.69) is 63.8 Å². The van der Waals surface area contributed by atoms with Gasteiger partial charge in [0.1, 0.15) is 0 Å². The van der Waals surface area contributed by atoms with Crippen molar-refractivity contribution in [3.63, 3.8) is 0 Å². The Morgan fingerprint density at radius 2 is 2.00 bits per heavy atom. The Morgan fingerprint density at radius 3 is 2.58 bits per heavy atom. The van der Waals surface area contributed by atoms with Gasteiger partial charge in [0, 0.05) is 18.3 Å². The Balaban J connectivity index is 2.59. The maximum absolute atomic E-state index is 4.72. The minimum atomic E-state index is 0.288. The second kappa shape index (κ2) is 7.09. The first-order valence-corrected chi connectivity index (χ1v) is 7.65. The fraction of sp³-hybridized carbons (Fsp3) is 0.812. The molecule has 0 bridgehead atoms. The molecule has 0 aliphatic heterocycles. The molecule has 19 heavy (non-hydrogen) atoms. The van der Waals surface area contributed by atoms with Gasteiger partial charge in [-0.25, -0.2) is 0 Å². The van der Waals surface area contributed by atoms with Crippen molar-refractivity contribution in [3.8, 4) is 0 Å². The largest absolute Gasteiger partial charge is 0.315 e. The van der Waals surface area contributed by atoms with Crippen molar-refractivity contribution >= 4 is 0 Å². The SMILES string of the molecule is CCNC(C)CC(C)(C)Cc1ccn(C(C)CC)n1. The summed E-state index contributed by atoms with van der Waals surface area (Å²) in [5.41, 5.74) is 1.50. The maximum Gasteiger partial charge on any atom is 0.0630 e. The van der Waals surface area contributed by atoms with Gasteiger partial charge in [-0.3, -0.25) is 4.68 Å². The highest BCUT2D eigenvalue weighted by Gasteiger charge is 2.22. The molecule has 1 aromatic heterocycles. The van der Waals surface area contributed by atoms with E-state index in [4.69, 9.17) is 5.10 Å². The first-order valence-electron chi connectivity index (χ1n) is 7.65. The fourth-order valence-corrected chi connectivity index (χ4v) is 2.72. The molecule has 0 spiro atoms. The summed E-state index contributed by atoms with van der Waals surface area (Å²) < 4.78 is 2.10. The molecule has 110 valence electrons. The van der Waals surface area contributed by atoms with Crippen LogP contribution in [-0.2, 0) is 6.42 Å². The van der Waals surface area contributed by atoms with E-state index in [1.807, 2.05) is 0 Å². The van der Waals surface area contributed by atoms with E-state index >= 15 is 0 Å². The molecule has 3 nitrogen and oxygen atoms in total. The van der Waals surface area contributed by atoms with Gasteiger partial charge in [0.2, 0.25) is 0 Å². The van der Waals surface area contributed by atoms with E-state index in [-0.39, 0.29) is 5.41 Å². The number of rotatable bonds is 8. The molecule has 2 atom stereocenters. The fourth-order valence-electron chi connectivity index (χ4n) is 2.72. The second-order valence-electron chi connectivity index (χ2n) is 6.55. The maximum atomic E-state index is 4.72. The number of nitrogens with one attached hydrogen (secondary N) is 1. The summed E-state index contributed by atoms with van der Waals surface area (Å²) in [7, 11) is 0. The van der Waals surface area contributed by atoms with Gasteiger partial charge in [-0.2, -0.15) is 5.10 Å². The van der Waals surface area contributed by atoms with Crippen LogP contribution in [0.3, 0.4) is 0 Å². The molecule has 0 amide bonds. The molecular formula is C16H31N3. The first kappa shape index (κ1) is 16.2. The standard InChI is InChI=1S/C16H31N3/c1-7-14(4)19-10-9-15(18-19)12-16(5,6)11-13(3)17-8-2/h9-10,13-14,17H,7-8,11-12H2,1-6H3. The van der Waals surface area contributed by atoms with Crippen LogP contribution in [0, 0.1) is 5.41 Å². The average Bonchev–Trinajstić information content (AvgIpc) is 2.75. The van der Waals surface area contributed by atoms with Crippen molar-refractivity contribution in [1.29, 1.82) is 0 Å². The Kier molecular flexibility index (Phi) is 6.05. The molecule has 1 heterocycles. The van der Waals surface area contributed by atoms with Gasteiger partial charge in [-0.1, -0.05) is 27.7 Å². The summed E-state index contributed by atoms with van der Waals surface area (Å²) in [4.78, 5) is 0. The van der Waals surface area contributed by atoms with Crippen LogP contribution >= 0.6 is 0 Å². The molecule has 3 heteroatoms. The number of hydrogen-bond acceptors (Lipinski definition) is 2. The zero-order valence-electron chi connectivity index (χ0n) is 13.5. The smallest absolute Gasteiger partial charge is 0.0630 e. The molecule has 0 aliphatic carbocycles. The Hall–Kier alpha value is -0.830. The van der Waals surface area contributed by atoms with E-state index in [1.165, 1.54) is 12.1 Å². The quantitative estimate of drug-likeness (QED) is 0.774. The van der Waals surface area contributed by atoms with Gasteiger partial charge in [0.05, 0.1) is 5.69 Å². The normalized spacial score (nSPS) is 15.5. The van der Waals surface area contributed by atoms with Crippen LogP contribution in [-0.4, -0.2) is 22.4 Å². The average molecular weight is 265 g/mol. The molecule has 0 saturated carbocycles. The lowest BCUT2D eigenvalue weighted by Gasteiger charge is -2.27. The minimum absolute atomic E-state index is 0.288. The summed E-state index contributed by atoms with van der Waals surface area (Å²) in [5, 5.41) is 8.21. The van der Waals surface area contributed by atoms with E-state index in [1.54, 1.807) is 0 Å². The molecule has 0 fully saturated rings. The van der Waals surface area contributed by atoms with Crippen LogP contribution in [0.25, 0.3) is 0 Å². The van der Waals surface area contributed by atoms with Crippen LogP contribution in [0.5, 0.6) is 0 Å². The molecule has 1 N–H and O–H groups in total. The predicted molar refractivity (Wildman–Crippen MR) is 82.5 cm³/mol. The zero-order valence-corrected chi connectivity index (χ0v) is 13.5. The van der Waals surface area contributed by atoms with Gasteiger partial charge in [0.15, 0.2) is 0 Å². The molecule has 0 saturated heterocycles. The third-order valence-electron chi connectivity index (χ3n) is 3.78. The van der Waals surface area contributed by atoms with Crippen LogP contribution in [0.2, 0.25) is 0 Å². The van der Waals surface area contributed by atoms with Crippen molar-refractivity contribution in [1.82, 2.24) is 15.1 Å². The third-order valence-corrected chi connectivity index (χ3v) is 3.78. The summed E-state index contributed by atoms with van der Waals surface area (Å²) in [6.45, 7) is 14.6. The highest BCUT2D eigenvalue weighted by molar-refractivity contribution is 5.03. The van der Waals surface area contributed by atoms with Crippen molar-refractivity contribution in [2.75, 3.05) is 6.54 Å². The summed E-state index contributed by atoms with van der Waals surface area (Å²) >= 11 is 0. The minimum Gasteiger partial charge on any atom is -0.315 e. The van der Waals surface area contributed by atoms with Crippen molar-refractivity contribution in [2.45, 2.75) is 72.9 Å². The Bertz CT molecular complexity index is 368. The van der Waals surface area contributed by atoms with Crippen LogP contribution < -0.4 is 5.32 Å². The van der Waals surface area contributed by atoms with E-state index < -0.39 is 0 Å². The van der Waals surface area contributed by atoms with Crippen LogP contribution in [0.15, 0.2) is 12.3 Å². The Labute approximate surface area is 118 Å². The van der Waals surface area contributed by atoms with Crippen molar-refractivity contribution < 1.29 is 0 Å². The van der Waals surface area contributed by atoms with Crippen LogP contribution in [0.4, 0.5) is 0 Å². The van der Waals surface area contributed by atoms with E-state index in [0.717, 1.165) is 19.4 Å². The van der Waals surface area contributed by atoms with Gasteiger partial charge in [-0.05, 0) is 51.1 Å². The molecular weight excluding hydrogens is 234 g/mol. The van der Waals surface area contributed by atoms with E-state index in [9.17, 15) is 0 Å². The highest BCUT2D eigenvalue weighted by Crippen LogP contribution is 2.27. The predicted octanol–water partition coefficient (Wildman–Crippen LogP) is 3.81. The molecule has 0 radical (unpaired) electrons. The van der Waals surface area contributed by atoms with E-state index in [0.29, 0.717) is 12.1 Å². The number of nitrogens with zero attached hydrogens (tertiary/aromatic N) is 2. The lowest BCUT2D eigenvalue weighted by molar-refractivity contribution is 0.285. The Morgan fingerprint density at radius 1 is 1.32 bits per heavy atom. The number of hydrogen-bond donors (Lipinski definition) is 1. The highest BCUT2D eigenvalue weighted by atomic mass is 15.3. The van der Waals surface area contributed by atoms with Gasteiger partial charge in [-0.15, -0.1) is 0 Å². The van der Waals surface area contributed by atoms with Gasteiger partial charge >= 0.3 is 0 Å². The topological polar surface area (TPSA) is 29.9 Å². The van der Waals surface area contributed by atoms with Gasteiger partial charge < -0.3 is 5.32 Å². The monoisotopic (exact) mass is 265 g/mol. The molecule has 1 aromatic rings.